The predicted octanol–water partition coefficient (Wildman–Crippen LogP) is 4.09. The number of carbonyl (C=O) groups excluding carboxylic acids is 1. The Morgan fingerprint density at radius 1 is 1.00 bits per heavy atom. The maximum atomic E-state index is 11.9. The Hall–Kier alpha value is -2.40. The van der Waals surface area contributed by atoms with Gasteiger partial charge in [0.15, 0.2) is 0 Å². The highest BCUT2D eigenvalue weighted by molar-refractivity contribution is 6.30. The van der Waals surface area contributed by atoms with Crippen molar-refractivity contribution < 1.29 is 19.0 Å². The molecule has 0 heterocycles. The van der Waals surface area contributed by atoms with Crippen LogP contribution in [0.1, 0.15) is 19.8 Å². The average Bonchev–Trinajstić information content (AvgIpc) is 2.65. The van der Waals surface area contributed by atoms with E-state index in [0.29, 0.717) is 31.1 Å². The van der Waals surface area contributed by atoms with E-state index >= 15 is 0 Å². The molecule has 5 nitrogen and oxygen atoms in total. The lowest BCUT2D eigenvalue weighted by Crippen LogP contribution is -2.36. The summed E-state index contributed by atoms with van der Waals surface area (Å²) < 4.78 is 16.3. The number of rotatable bonds is 10. The SMILES string of the molecule is COc1ccc(OCC(C)NC(=O)CCCOc2ccc(Cl)cc2)cc1. The molecule has 0 saturated heterocycles. The maximum Gasteiger partial charge on any atom is 0.220 e. The number of amides is 1. The highest BCUT2D eigenvalue weighted by Crippen LogP contribution is 2.17. The first kappa shape index (κ1) is 19.9. The quantitative estimate of drug-likeness (QED) is 0.633. The van der Waals surface area contributed by atoms with E-state index in [1.165, 1.54) is 0 Å². The van der Waals surface area contributed by atoms with Crippen molar-refractivity contribution in [1.29, 1.82) is 0 Å². The van der Waals surface area contributed by atoms with Crippen LogP contribution in [0.4, 0.5) is 0 Å². The summed E-state index contributed by atoms with van der Waals surface area (Å²) in [5, 5.41) is 3.59. The first-order chi connectivity index (χ1) is 12.6. The molecule has 0 aliphatic heterocycles. The zero-order chi connectivity index (χ0) is 18.8. The first-order valence-corrected chi connectivity index (χ1v) is 8.89. The summed E-state index contributed by atoms with van der Waals surface area (Å²) in [7, 11) is 1.62. The van der Waals surface area contributed by atoms with Gasteiger partial charge < -0.3 is 19.5 Å². The fourth-order valence-electron chi connectivity index (χ4n) is 2.24. The molecule has 0 radical (unpaired) electrons. The molecule has 140 valence electrons. The molecule has 1 atom stereocenters. The van der Waals surface area contributed by atoms with Crippen LogP contribution in [0.2, 0.25) is 5.02 Å². The van der Waals surface area contributed by atoms with Gasteiger partial charge in [0.1, 0.15) is 23.9 Å². The van der Waals surface area contributed by atoms with E-state index in [-0.39, 0.29) is 11.9 Å². The van der Waals surface area contributed by atoms with Crippen molar-refractivity contribution in [3.05, 3.63) is 53.6 Å². The van der Waals surface area contributed by atoms with Gasteiger partial charge in [-0.05, 0) is 61.9 Å². The van der Waals surface area contributed by atoms with E-state index < -0.39 is 0 Å². The first-order valence-electron chi connectivity index (χ1n) is 8.51. The second-order valence-corrected chi connectivity index (χ2v) is 6.30. The summed E-state index contributed by atoms with van der Waals surface area (Å²) in [6, 6.07) is 14.4. The lowest BCUT2D eigenvalue weighted by molar-refractivity contribution is -0.122. The Labute approximate surface area is 159 Å². The summed E-state index contributed by atoms with van der Waals surface area (Å²) in [4.78, 5) is 11.9. The highest BCUT2D eigenvalue weighted by atomic mass is 35.5. The van der Waals surface area contributed by atoms with Crippen molar-refractivity contribution in [3.8, 4) is 17.2 Å². The van der Waals surface area contributed by atoms with E-state index in [2.05, 4.69) is 5.32 Å². The van der Waals surface area contributed by atoms with Gasteiger partial charge in [0.05, 0.1) is 19.8 Å². The van der Waals surface area contributed by atoms with Crippen LogP contribution >= 0.6 is 11.6 Å². The summed E-state index contributed by atoms with van der Waals surface area (Å²) in [5.74, 6) is 2.24. The molecule has 1 amide bonds. The minimum atomic E-state index is -0.0817. The molecule has 0 fully saturated rings. The van der Waals surface area contributed by atoms with Crippen molar-refractivity contribution >= 4 is 17.5 Å². The van der Waals surface area contributed by atoms with Crippen molar-refractivity contribution in [1.82, 2.24) is 5.32 Å². The van der Waals surface area contributed by atoms with Gasteiger partial charge >= 0.3 is 0 Å². The largest absolute Gasteiger partial charge is 0.497 e. The molecule has 0 aromatic heterocycles. The monoisotopic (exact) mass is 377 g/mol. The Balaban J connectivity index is 1.59. The van der Waals surface area contributed by atoms with Gasteiger partial charge in [-0.2, -0.15) is 0 Å². The zero-order valence-corrected chi connectivity index (χ0v) is 15.8. The summed E-state index contributed by atoms with van der Waals surface area (Å²) in [6.07, 6.45) is 1.04. The minimum absolute atomic E-state index is 0.0180. The van der Waals surface area contributed by atoms with Crippen LogP contribution in [0.15, 0.2) is 48.5 Å². The van der Waals surface area contributed by atoms with E-state index in [0.717, 1.165) is 17.2 Å². The van der Waals surface area contributed by atoms with Crippen LogP contribution in [0.5, 0.6) is 17.2 Å². The highest BCUT2D eigenvalue weighted by Gasteiger charge is 2.08. The minimum Gasteiger partial charge on any atom is -0.497 e. The molecule has 0 aliphatic carbocycles. The van der Waals surface area contributed by atoms with Crippen molar-refractivity contribution in [3.63, 3.8) is 0 Å². The molecule has 26 heavy (non-hydrogen) atoms. The molecule has 0 aliphatic rings. The molecule has 6 heteroatoms. The summed E-state index contributed by atoms with van der Waals surface area (Å²) in [6.45, 7) is 2.79. The van der Waals surface area contributed by atoms with Crippen LogP contribution in [-0.2, 0) is 4.79 Å². The Bertz CT molecular complexity index is 673. The van der Waals surface area contributed by atoms with Gasteiger partial charge in [0.2, 0.25) is 5.91 Å². The van der Waals surface area contributed by atoms with Gasteiger partial charge in [0, 0.05) is 11.4 Å². The van der Waals surface area contributed by atoms with E-state index in [4.69, 9.17) is 25.8 Å². The normalized spacial score (nSPS) is 11.5. The second kappa shape index (κ2) is 10.6. The van der Waals surface area contributed by atoms with E-state index in [9.17, 15) is 4.79 Å². The number of nitrogens with one attached hydrogen (secondary N) is 1. The number of hydrogen-bond acceptors (Lipinski definition) is 4. The van der Waals surface area contributed by atoms with Gasteiger partial charge in [-0.15, -0.1) is 0 Å². The smallest absolute Gasteiger partial charge is 0.220 e. The summed E-state index contributed by atoms with van der Waals surface area (Å²) in [5.41, 5.74) is 0. The number of hydrogen-bond donors (Lipinski definition) is 1. The average molecular weight is 378 g/mol. The standard InChI is InChI=1S/C20H24ClNO4/c1-15(14-26-19-11-9-17(24-2)10-12-19)22-20(23)4-3-13-25-18-7-5-16(21)6-8-18/h5-12,15H,3-4,13-14H2,1-2H3,(H,22,23). The number of ether oxygens (including phenoxy) is 3. The fraction of sp³-hybridized carbons (Fsp3) is 0.350. The lowest BCUT2D eigenvalue weighted by atomic mass is 10.2. The van der Waals surface area contributed by atoms with Gasteiger partial charge in [0.25, 0.3) is 0 Å². The molecular formula is C20H24ClNO4. The van der Waals surface area contributed by atoms with Crippen molar-refractivity contribution in [2.75, 3.05) is 20.3 Å². The van der Waals surface area contributed by atoms with Crippen LogP contribution in [-0.4, -0.2) is 32.3 Å². The Morgan fingerprint density at radius 3 is 2.23 bits per heavy atom. The molecule has 2 aromatic rings. The van der Waals surface area contributed by atoms with Crippen LogP contribution < -0.4 is 19.5 Å². The van der Waals surface area contributed by atoms with Crippen LogP contribution in [0.25, 0.3) is 0 Å². The zero-order valence-electron chi connectivity index (χ0n) is 15.0. The predicted molar refractivity (Wildman–Crippen MR) is 102 cm³/mol. The molecule has 0 saturated carbocycles. The molecule has 2 aromatic carbocycles. The van der Waals surface area contributed by atoms with Crippen molar-refractivity contribution in [2.45, 2.75) is 25.8 Å². The molecule has 1 N–H and O–H groups in total. The van der Waals surface area contributed by atoms with E-state index in [1.54, 1.807) is 31.4 Å². The topological polar surface area (TPSA) is 56.8 Å². The molecule has 2 rings (SSSR count). The van der Waals surface area contributed by atoms with E-state index in [1.807, 2.05) is 31.2 Å². The van der Waals surface area contributed by atoms with Gasteiger partial charge in [-0.25, -0.2) is 0 Å². The third-order valence-electron chi connectivity index (χ3n) is 3.60. The van der Waals surface area contributed by atoms with Gasteiger partial charge in [-0.3, -0.25) is 4.79 Å². The third kappa shape index (κ3) is 7.23. The third-order valence-corrected chi connectivity index (χ3v) is 3.85. The number of halogens is 1. The van der Waals surface area contributed by atoms with Crippen LogP contribution in [0.3, 0.4) is 0 Å². The molecule has 1 unspecified atom stereocenters. The second-order valence-electron chi connectivity index (χ2n) is 5.86. The van der Waals surface area contributed by atoms with Crippen LogP contribution in [0, 0.1) is 0 Å². The Morgan fingerprint density at radius 2 is 1.58 bits per heavy atom. The lowest BCUT2D eigenvalue weighted by Gasteiger charge is -2.15. The number of methoxy groups -OCH3 is 1. The number of benzene rings is 2. The maximum absolute atomic E-state index is 11.9. The molecular weight excluding hydrogens is 354 g/mol. The molecule has 0 bridgehead atoms. The summed E-state index contributed by atoms with van der Waals surface area (Å²) >= 11 is 5.82. The van der Waals surface area contributed by atoms with Crippen molar-refractivity contribution in [2.24, 2.45) is 0 Å². The molecule has 0 spiro atoms. The fourth-order valence-corrected chi connectivity index (χ4v) is 2.36. The van der Waals surface area contributed by atoms with Gasteiger partial charge in [-0.1, -0.05) is 11.6 Å². The number of carbonyl (C=O) groups is 1. The Kier molecular flexibility index (Phi) is 8.09.